The number of carbonyl (C=O) groups excluding carboxylic acids is 2. The van der Waals surface area contributed by atoms with Gasteiger partial charge in [-0.25, -0.2) is 4.39 Å². The van der Waals surface area contributed by atoms with E-state index in [-0.39, 0.29) is 11.3 Å². The zero-order valence-electron chi connectivity index (χ0n) is 15.6. The van der Waals surface area contributed by atoms with Crippen LogP contribution in [0, 0.1) is 5.82 Å². The summed E-state index contributed by atoms with van der Waals surface area (Å²) in [7, 11) is 3.88. The molecule has 7 heteroatoms. The summed E-state index contributed by atoms with van der Waals surface area (Å²) in [4.78, 5) is 28.0. The number of hydrogen-bond donors (Lipinski definition) is 2. The van der Waals surface area contributed by atoms with Crippen molar-refractivity contribution in [3.05, 3.63) is 76.1 Å². The summed E-state index contributed by atoms with van der Waals surface area (Å²) in [5.41, 5.74) is 0.935. The van der Waals surface area contributed by atoms with Gasteiger partial charge in [-0.05, 0) is 42.0 Å². The van der Waals surface area contributed by atoms with Gasteiger partial charge >= 0.3 is 0 Å². The average molecular weight is 404 g/mol. The topological polar surface area (TPSA) is 62.0 Å². The molecule has 5 nitrogen and oxygen atoms in total. The number of aliphatic hydroxyl groups is 1. The predicted octanol–water partition coefficient (Wildman–Crippen LogP) is 2.05. The Bertz CT molecular complexity index is 924. The standard InChI is InChI=1S/C21H20ClFN2O3/c1-24(2)11-12-25-18(13-5-9-16(23)10-6-13)17(20(27)21(25)28)19(26)14-3-7-15(22)8-4-14/h3-10,18,26H,11-12H2,1-2H3/p+1/t18-/m1/s1. The highest BCUT2D eigenvalue weighted by molar-refractivity contribution is 6.46. The number of halogens is 2. The molecule has 1 heterocycles. The minimum atomic E-state index is -0.782. The Hall–Kier alpha value is -2.70. The number of ketones is 1. The van der Waals surface area contributed by atoms with Gasteiger partial charge in [0, 0.05) is 10.6 Å². The van der Waals surface area contributed by atoms with Gasteiger partial charge in [-0.2, -0.15) is 0 Å². The third-order valence-electron chi connectivity index (χ3n) is 4.70. The molecule has 0 radical (unpaired) electrons. The molecule has 2 aromatic carbocycles. The number of amides is 1. The number of quaternary nitrogens is 1. The van der Waals surface area contributed by atoms with E-state index in [0.29, 0.717) is 29.2 Å². The molecule has 0 bridgehead atoms. The Balaban J connectivity index is 2.13. The van der Waals surface area contributed by atoms with E-state index in [1.807, 2.05) is 14.1 Å². The zero-order chi connectivity index (χ0) is 20.4. The average Bonchev–Trinajstić information content (AvgIpc) is 2.91. The molecule has 3 rings (SSSR count). The minimum absolute atomic E-state index is 0.00677. The summed E-state index contributed by atoms with van der Waals surface area (Å²) in [6.07, 6.45) is 0. The maximum absolute atomic E-state index is 13.4. The molecule has 0 aliphatic carbocycles. The van der Waals surface area contributed by atoms with Gasteiger partial charge in [-0.3, -0.25) is 9.59 Å². The second-order valence-corrected chi connectivity index (χ2v) is 7.44. The van der Waals surface area contributed by atoms with Crippen LogP contribution in [0.2, 0.25) is 5.02 Å². The van der Waals surface area contributed by atoms with Gasteiger partial charge in [0.25, 0.3) is 11.7 Å². The molecule has 0 spiro atoms. The lowest BCUT2D eigenvalue weighted by Crippen LogP contribution is -3.06. The largest absolute Gasteiger partial charge is 0.507 e. The number of rotatable bonds is 5. The van der Waals surface area contributed by atoms with Gasteiger partial charge in [0.15, 0.2) is 0 Å². The number of aliphatic hydroxyl groups excluding tert-OH is 1. The van der Waals surface area contributed by atoms with Crippen molar-refractivity contribution in [2.24, 2.45) is 0 Å². The van der Waals surface area contributed by atoms with E-state index in [4.69, 9.17) is 11.6 Å². The predicted molar refractivity (Wildman–Crippen MR) is 105 cm³/mol. The molecule has 1 aliphatic rings. The Labute approximate surface area is 167 Å². The zero-order valence-corrected chi connectivity index (χ0v) is 16.3. The molecule has 28 heavy (non-hydrogen) atoms. The lowest BCUT2D eigenvalue weighted by atomic mass is 9.95. The van der Waals surface area contributed by atoms with E-state index >= 15 is 0 Å². The van der Waals surface area contributed by atoms with Gasteiger partial charge in [-0.1, -0.05) is 23.7 Å². The van der Waals surface area contributed by atoms with Crippen LogP contribution in [0.1, 0.15) is 17.2 Å². The molecule has 146 valence electrons. The quantitative estimate of drug-likeness (QED) is 0.456. The first-order valence-corrected chi connectivity index (χ1v) is 9.26. The van der Waals surface area contributed by atoms with Crippen molar-refractivity contribution in [2.75, 3.05) is 27.2 Å². The van der Waals surface area contributed by atoms with E-state index in [1.165, 1.54) is 29.2 Å². The summed E-state index contributed by atoms with van der Waals surface area (Å²) in [6.45, 7) is 0.943. The van der Waals surface area contributed by atoms with Gasteiger partial charge in [0.1, 0.15) is 11.6 Å². The lowest BCUT2D eigenvalue weighted by molar-refractivity contribution is -0.857. The number of Topliss-reactive ketones (excluding diaryl/α,β-unsaturated/α-hetero) is 1. The molecule has 0 aromatic heterocycles. The van der Waals surface area contributed by atoms with Crippen LogP contribution in [0.15, 0.2) is 54.1 Å². The highest BCUT2D eigenvalue weighted by Gasteiger charge is 2.46. The molecule has 1 aliphatic heterocycles. The number of likely N-dealkylation sites (tertiary alicyclic amines) is 1. The Morgan fingerprint density at radius 1 is 1.11 bits per heavy atom. The van der Waals surface area contributed by atoms with Crippen molar-refractivity contribution in [1.29, 1.82) is 0 Å². The first-order valence-electron chi connectivity index (χ1n) is 8.88. The Kier molecular flexibility index (Phi) is 5.82. The Morgan fingerprint density at radius 3 is 2.29 bits per heavy atom. The van der Waals surface area contributed by atoms with Crippen molar-refractivity contribution in [3.63, 3.8) is 0 Å². The molecule has 1 saturated heterocycles. The molecule has 2 N–H and O–H groups in total. The molecule has 1 fully saturated rings. The third kappa shape index (κ3) is 3.93. The fraction of sp³-hybridized carbons (Fsp3) is 0.238. The maximum Gasteiger partial charge on any atom is 0.295 e. The van der Waals surface area contributed by atoms with Crippen LogP contribution >= 0.6 is 11.6 Å². The van der Waals surface area contributed by atoms with Gasteiger partial charge in [-0.15, -0.1) is 0 Å². The lowest BCUT2D eigenvalue weighted by Gasteiger charge is -2.25. The molecule has 0 saturated carbocycles. The van der Waals surface area contributed by atoms with Gasteiger partial charge < -0.3 is 14.9 Å². The fourth-order valence-corrected chi connectivity index (χ4v) is 3.34. The summed E-state index contributed by atoms with van der Waals surface area (Å²) in [6, 6.07) is 11.2. The molecule has 1 amide bonds. The summed E-state index contributed by atoms with van der Waals surface area (Å²) >= 11 is 5.90. The van der Waals surface area contributed by atoms with Crippen LogP contribution in [0.3, 0.4) is 0 Å². The number of nitrogens with one attached hydrogen (secondary N) is 1. The highest BCUT2D eigenvalue weighted by atomic mass is 35.5. The molecule has 1 atom stereocenters. The summed E-state index contributed by atoms with van der Waals surface area (Å²) in [5.74, 6) is -2.12. The van der Waals surface area contributed by atoms with Crippen LogP contribution in [-0.2, 0) is 9.59 Å². The van der Waals surface area contributed by atoms with Crippen LogP contribution in [-0.4, -0.2) is 48.9 Å². The van der Waals surface area contributed by atoms with E-state index in [1.54, 1.807) is 24.3 Å². The van der Waals surface area contributed by atoms with E-state index in [9.17, 15) is 19.1 Å². The summed E-state index contributed by atoms with van der Waals surface area (Å²) in [5, 5.41) is 11.3. The van der Waals surface area contributed by atoms with Gasteiger partial charge in [0.2, 0.25) is 0 Å². The molecule has 0 unspecified atom stereocenters. The van der Waals surface area contributed by atoms with E-state index < -0.39 is 23.5 Å². The normalized spacial score (nSPS) is 18.9. The molecular formula is C21H21ClFN2O3+. The smallest absolute Gasteiger partial charge is 0.295 e. The minimum Gasteiger partial charge on any atom is -0.507 e. The van der Waals surface area contributed by atoms with Crippen molar-refractivity contribution in [3.8, 4) is 0 Å². The second-order valence-electron chi connectivity index (χ2n) is 7.01. The van der Waals surface area contributed by atoms with Crippen LogP contribution in [0.5, 0.6) is 0 Å². The fourth-order valence-electron chi connectivity index (χ4n) is 3.21. The Morgan fingerprint density at radius 2 is 1.71 bits per heavy atom. The SMILES string of the molecule is C[NH+](C)CCN1C(=O)C(=O)C(=C(O)c2ccc(Cl)cc2)[C@H]1c1ccc(F)cc1. The van der Waals surface area contributed by atoms with Crippen LogP contribution < -0.4 is 4.90 Å². The van der Waals surface area contributed by atoms with Crippen molar-refractivity contribution in [1.82, 2.24) is 4.90 Å². The summed E-state index contributed by atoms with van der Waals surface area (Å²) < 4.78 is 13.4. The second kappa shape index (κ2) is 8.12. The first kappa shape index (κ1) is 20.0. The number of hydrogen-bond acceptors (Lipinski definition) is 3. The van der Waals surface area contributed by atoms with Crippen LogP contribution in [0.4, 0.5) is 4.39 Å². The van der Waals surface area contributed by atoms with Crippen molar-refractivity contribution in [2.45, 2.75) is 6.04 Å². The van der Waals surface area contributed by atoms with Crippen molar-refractivity contribution < 1.29 is 24.0 Å². The molecule has 2 aromatic rings. The number of carbonyl (C=O) groups is 2. The molecular weight excluding hydrogens is 383 g/mol. The number of nitrogens with zero attached hydrogens (tertiary/aromatic N) is 1. The maximum atomic E-state index is 13.4. The number of likely N-dealkylation sites (N-methyl/N-ethyl adjacent to an activating group) is 1. The van der Waals surface area contributed by atoms with E-state index in [0.717, 1.165) is 4.90 Å². The van der Waals surface area contributed by atoms with Gasteiger partial charge in [0.05, 0.1) is 38.8 Å². The third-order valence-corrected chi connectivity index (χ3v) is 4.95. The first-order chi connectivity index (χ1) is 13.3. The van der Waals surface area contributed by atoms with E-state index in [2.05, 4.69) is 0 Å². The monoisotopic (exact) mass is 403 g/mol. The highest BCUT2D eigenvalue weighted by Crippen LogP contribution is 2.39. The van der Waals surface area contributed by atoms with Crippen LogP contribution in [0.25, 0.3) is 5.76 Å². The number of benzene rings is 2. The van der Waals surface area contributed by atoms with Crippen molar-refractivity contribution >= 4 is 29.1 Å².